The summed E-state index contributed by atoms with van der Waals surface area (Å²) in [5.41, 5.74) is 1.37. The average Bonchev–Trinajstić information content (AvgIpc) is 2.74. The number of nitrogens with one attached hydrogen (secondary N) is 1. The first-order chi connectivity index (χ1) is 7.66. The monoisotopic (exact) mass is 303 g/mol. The Kier molecular flexibility index (Phi) is 3.56. The summed E-state index contributed by atoms with van der Waals surface area (Å²) in [6.07, 6.45) is 0. The van der Waals surface area contributed by atoms with Gasteiger partial charge >= 0.3 is 0 Å². The molecule has 16 heavy (non-hydrogen) atoms. The lowest BCUT2D eigenvalue weighted by atomic mass is 10.2. The number of rotatable bonds is 3. The van der Waals surface area contributed by atoms with Gasteiger partial charge in [0.1, 0.15) is 11.6 Å². The Bertz CT molecular complexity index is 485. The largest absolute Gasteiger partial charge is 0.379 e. The van der Waals surface area contributed by atoms with Gasteiger partial charge < -0.3 is 5.32 Å². The zero-order chi connectivity index (χ0) is 11.5. The maximum atomic E-state index is 13.3. The molecule has 1 aromatic carbocycles. The van der Waals surface area contributed by atoms with Crippen LogP contribution in [0.2, 0.25) is 0 Å². The Balaban J connectivity index is 2.12. The molecule has 0 spiro atoms. The van der Waals surface area contributed by atoms with E-state index in [-0.39, 0.29) is 4.47 Å². The summed E-state index contributed by atoms with van der Waals surface area (Å²) < 4.78 is 26.6. The van der Waals surface area contributed by atoms with E-state index in [0.717, 1.165) is 11.6 Å². The van der Waals surface area contributed by atoms with Crippen molar-refractivity contribution in [3.63, 3.8) is 0 Å². The molecule has 1 aromatic heterocycles. The standard InChI is InChI=1S/C11H8BrF2NS/c12-8-3-11(10(14)4-9(8)13)15-5-7-1-2-16-6-7/h1-4,6,15H,5H2. The van der Waals surface area contributed by atoms with Gasteiger partial charge in [-0.15, -0.1) is 0 Å². The molecule has 0 saturated carbocycles. The number of thiophene rings is 1. The van der Waals surface area contributed by atoms with Crippen molar-refractivity contribution in [3.05, 3.63) is 50.6 Å². The van der Waals surface area contributed by atoms with Crippen LogP contribution in [0.4, 0.5) is 14.5 Å². The van der Waals surface area contributed by atoms with Gasteiger partial charge in [-0.3, -0.25) is 0 Å². The van der Waals surface area contributed by atoms with Gasteiger partial charge in [-0.05, 0) is 44.4 Å². The fraction of sp³-hybridized carbons (Fsp3) is 0.0909. The fourth-order valence-corrected chi connectivity index (χ4v) is 2.26. The molecule has 1 heterocycles. The molecule has 0 fully saturated rings. The smallest absolute Gasteiger partial charge is 0.149 e. The first-order valence-corrected chi connectivity index (χ1v) is 6.30. The fourth-order valence-electron chi connectivity index (χ4n) is 1.25. The van der Waals surface area contributed by atoms with E-state index < -0.39 is 11.6 Å². The average molecular weight is 304 g/mol. The Morgan fingerprint density at radius 1 is 1.25 bits per heavy atom. The Morgan fingerprint density at radius 2 is 2.06 bits per heavy atom. The van der Waals surface area contributed by atoms with Crippen LogP contribution in [0.1, 0.15) is 5.56 Å². The summed E-state index contributed by atoms with van der Waals surface area (Å²) in [4.78, 5) is 0. The molecule has 0 bridgehead atoms. The van der Waals surface area contributed by atoms with Gasteiger partial charge in [0.05, 0.1) is 10.2 Å². The van der Waals surface area contributed by atoms with Crippen molar-refractivity contribution < 1.29 is 8.78 Å². The first-order valence-electron chi connectivity index (χ1n) is 4.56. The molecule has 0 aliphatic carbocycles. The minimum atomic E-state index is -0.599. The van der Waals surface area contributed by atoms with Gasteiger partial charge in [-0.2, -0.15) is 11.3 Å². The molecule has 0 unspecified atom stereocenters. The van der Waals surface area contributed by atoms with Gasteiger partial charge in [-0.25, -0.2) is 8.78 Å². The lowest BCUT2D eigenvalue weighted by molar-refractivity contribution is 0.580. The molecule has 2 aromatic rings. The second kappa shape index (κ2) is 4.93. The molecule has 0 aliphatic heterocycles. The lowest BCUT2D eigenvalue weighted by Crippen LogP contribution is -2.01. The second-order valence-electron chi connectivity index (χ2n) is 3.23. The predicted molar refractivity (Wildman–Crippen MR) is 65.7 cm³/mol. The number of benzene rings is 1. The summed E-state index contributed by atoms with van der Waals surface area (Å²) in [6.45, 7) is 0.526. The highest BCUT2D eigenvalue weighted by Gasteiger charge is 2.07. The minimum Gasteiger partial charge on any atom is -0.379 e. The summed E-state index contributed by atoms with van der Waals surface area (Å²) >= 11 is 4.60. The Labute approximate surface area is 104 Å². The van der Waals surface area contributed by atoms with E-state index in [4.69, 9.17) is 0 Å². The molecule has 0 radical (unpaired) electrons. The van der Waals surface area contributed by atoms with Crippen LogP contribution in [-0.4, -0.2) is 0 Å². The van der Waals surface area contributed by atoms with E-state index in [2.05, 4.69) is 21.2 Å². The van der Waals surface area contributed by atoms with Crippen LogP contribution in [0.5, 0.6) is 0 Å². The molecular formula is C11H8BrF2NS. The minimum absolute atomic E-state index is 0.252. The van der Waals surface area contributed by atoms with Crippen LogP contribution in [0, 0.1) is 11.6 Å². The van der Waals surface area contributed by atoms with Gasteiger partial charge in [-0.1, -0.05) is 0 Å². The van der Waals surface area contributed by atoms with E-state index in [9.17, 15) is 8.78 Å². The summed E-state index contributed by atoms with van der Waals surface area (Å²) in [5.74, 6) is -1.19. The molecule has 0 atom stereocenters. The normalized spacial score (nSPS) is 10.4. The van der Waals surface area contributed by atoms with Gasteiger partial charge in [0.15, 0.2) is 0 Å². The third-order valence-electron chi connectivity index (χ3n) is 2.07. The van der Waals surface area contributed by atoms with E-state index in [1.807, 2.05) is 16.8 Å². The lowest BCUT2D eigenvalue weighted by Gasteiger charge is -2.07. The third kappa shape index (κ3) is 2.59. The van der Waals surface area contributed by atoms with Crippen LogP contribution in [0.3, 0.4) is 0 Å². The molecule has 0 aliphatic rings. The maximum absolute atomic E-state index is 13.3. The Morgan fingerprint density at radius 3 is 2.75 bits per heavy atom. The van der Waals surface area contributed by atoms with E-state index in [1.165, 1.54) is 6.07 Å². The number of hydrogen-bond donors (Lipinski definition) is 1. The van der Waals surface area contributed by atoms with E-state index >= 15 is 0 Å². The zero-order valence-corrected chi connectivity index (χ0v) is 10.5. The summed E-state index contributed by atoms with van der Waals surface area (Å²) in [5, 5.41) is 6.85. The van der Waals surface area contributed by atoms with Crippen molar-refractivity contribution in [3.8, 4) is 0 Å². The molecule has 84 valence electrons. The second-order valence-corrected chi connectivity index (χ2v) is 4.87. The number of anilines is 1. The predicted octanol–water partition coefficient (Wildman–Crippen LogP) is 4.40. The van der Waals surface area contributed by atoms with Crippen LogP contribution >= 0.6 is 27.3 Å². The first kappa shape index (κ1) is 11.5. The quantitative estimate of drug-likeness (QED) is 0.829. The highest BCUT2D eigenvalue weighted by Crippen LogP contribution is 2.24. The highest BCUT2D eigenvalue weighted by molar-refractivity contribution is 9.10. The van der Waals surface area contributed by atoms with E-state index in [1.54, 1.807) is 11.3 Å². The highest BCUT2D eigenvalue weighted by atomic mass is 79.9. The summed E-state index contributed by atoms with van der Waals surface area (Å²) in [7, 11) is 0. The Hall–Kier alpha value is -0.940. The number of halogens is 3. The maximum Gasteiger partial charge on any atom is 0.149 e. The van der Waals surface area contributed by atoms with Crippen LogP contribution in [-0.2, 0) is 6.54 Å². The van der Waals surface area contributed by atoms with Gasteiger partial charge in [0.2, 0.25) is 0 Å². The number of hydrogen-bond acceptors (Lipinski definition) is 2. The van der Waals surface area contributed by atoms with Crippen molar-refractivity contribution in [2.24, 2.45) is 0 Å². The van der Waals surface area contributed by atoms with Crippen molar-refractivity contribution in [1.82, 2.24) is 0 Å². The molecule has 2 rings (SSSR count). The van der Waals surface area contributed by atoms with Crippen molar-refractivity contribution in [2.75, 3.05) is 5.32 Å². The zero-order valence-electron chi connectivity index (χ0n) is 8.14. The van der Waals surface area contributed by atoms with Crippen molar-refractivity contribution >= 4 is 33.0 Å². The molecular weight excluding hydrogens is 296 g/mol. The van der Waals surface area contributed by atoms with Gasteiger partial charge in [0.25, 0.3) is 0 Å². The van der Waals surface area contributed by atoms with Crippen LogP contribution in [0.25, 0.3) is 0 Å². The molecule has 5 heteroatoms. The van der Waals surface area contributed by atoms with Crippen LogP contribution < -0.4 is 5.32 Å². The molecule has 0 amide bonds. The van der Waals surface area contributed by atoms with Crippen molar-refractivity contribution in [1.29, 1.82) is 0 Å². The molecule has 1 nitrogen and oxygen atoms in total. The van der Waals surface area contributed by atoms with Crippen molar-refractivity contribution in [2.45, 2.75) is 6.54 Å². The molecule has 1 N–H and O–H groups in total. The van der Waals surface area contributed by atoms with Gasteiger partial charge in [0, 0.05) is 12.6 Å². The third-order valence-corrected chi connectivity index (χ3v) is 3.41. The molecule has 0 saturated heterocycles. The van der Waals surface area contributed by atoms with Crippen LogP contribution in [0.15, 0.2) is 33.4 Å². The summed E-state index contributed by atoms with van der Waals surface area (Å²) in [6, 6.07) is 4.21. The SMILES string of the molecule is Fc1cc(F)c(NCc2ccsc2)cc1Br. The topological polar surface area (TPSA) is 12.0 Å². The van der Waals surface area contributed by atoms with E-state index in [0.29, 0.717) is 12.2 Å².